The van der Waals surface area contributed by atoms with Gasteiger partial charge in [-0.1, -0.05) is 26.0 Å². The van der Waals surface area contributed by atoms with E-state index in [-0.39, 0.29) is 28.4 Å². The molecule has 0 saturated heterocycles. The summed E-state index contributed by atoms with van der Waals surface area (Å²) in [5.74, 6) is -4.04. The largest absolute Gasteiger partial charge is 0.460 e. The highest BCUT2D eigenvalue weighted by atomic mass is 19.2. The molecule has 2 rings (SSSR count). The molecule has 22 heavy (non-hydrogen) atoms. The minimum Gasteiger partial charge on any atom is -0.460 e. The van der Waals surface area contributed by atoms with Crippen LogP contribution >= 0.6 is 0 Å². The molecule has 5 heteroatoms. The zero-order valence-electron chi connectivity index (χ0n) is 13.0. The predicted octanol–water partition coefficient (Wildman–Crippen LogP) is 4.30. The van der Waals surface area contributed by atoms with Crippen LogP contribution in [0.2, 0.25) is 0 Å². The number of rotatable bonds is 4. The van der Waals surface area contributed by atoms with Gasteiger partial charge in [0.2, 0.25) is 0 Å². The van der Waals surface area contributed by atoms with Crippen LogP contribution in [0.5, 0.6) is 0 Å². The lowest BCUT2D eigenvalue weighted by Crippen LogP contribution is -2.13. The molecule has 1 aromatic carbocycles. The van der Waals surface area contributed by atoms with E-state index in [0.29, 0.717) is 6.07 Å². The molecule has 0 bridgehead atoms. The topological polar surface area (TPSA) is 26.3 Å². The Morgan fingerprint density at radius 2 is 1.95 bits per heavy atom. The SMILES string of the molecule is CC=CC1C(C(=O)OCc2c(C)c(F)cc(F)c2F)C1(C)C. The van der Waals surface area contributed by atoms with Gasteiger partial charge in [0.15, 0.2) is 11.6 Å². The first-order valence-electron chi connectivity index (χ1n) is 7.14. The molecular formula is C17H19F3O2. The maximum atomic E-state index is 13.7. The van der Waals surface area contributed by atoms with Crippen LogP contribution < -0.4 is 0 Å². The molecule has 1 fully saturated rings. The monoisotopic (exact) mass is 312 g/mol. The number of esters is 1. The van der Waals surface area contributed by atoms with Gasteiger partial charge in [-0.3, -0.25) is 4.79 Å². The maximum Gasteiger partial charge on any atom is 0.310 e. The molecule has 1 aromatic rings. The van der Waals surface area contributed by atoms with Gasteiger partial charge in [-0.15, -0.1) is 0 Å². The second-order valence-corrected chi connectivity index (χ2v) is 6.22. The van der Waals surface area contributed by atoms with Crippen LogP contribution in [0.15, 0.2) is 18.2 Å². The fraction of sp³-hybridized carbons (Fsp3) is 0.471. The molecule has 0 spiro atoms. The van der Waals surface area contributed by atoms with E-state index in [0.717, 1.165) is 0 Å². The predicted molar refractivity (Wildman–Crippen MR) is 76.4 cm³/mol. The highest BCUT2D eigenvalue weighted by Gasteiger charge is 2.61. The second kappa shape index (κ2) is 5.78. The molecule has 0 aromatic heterocycles. The molecule has 1 aliphatic carbocycles. The van der Waals surface area contributed by atoms with Crippen molar-refractivity contribution in [3.63, 3.8) is 0 Å². The van der Waals surface area contributed by atoms with Crippen molar-refractivity contribution in [3.05, 3.63) is 46.8 Å². The summed E-state index contributed by atoms with van der Waals surface area (Å²) in [4.78, 5) is 12.1. The van der Waals surface area contributed by atoms with Crippen molar-refractivity contribution in [1.82, 2.24) is 0 Å². The van der Waals surface area contributed by atoms with E-state index >= 15 is 0 Å². The lowest BCUT2D eigenvalue weighted by Gasteiger charge is -2.10. The number of halogens is 3. The summed E-state index contributed by atoms with van der Waals surface area (Å²) in [6, 6.07) is 0.488. The number of hydrogen-bond acceptors (Lipinski definition) is 2. The first kappa shape index (κ1) is 16.6. The Labute approximate surface area is 128 Å². The van der Waals surface area contributed by atoms with Gasteiger partial charge in [-0.25, -0.2) is 13.2 Å². The number of carbonyl (C=O) groups excluding carboxylic acids is 1. The minimum atomic E-state index is -1.28. The Hall–Kier alpha value is -1.78. The molecule has 2 unspecified atom stereocenters. The number of ether oxygens (including phenoxy) is 1. The van der Waals surface area contributed by atoms with Crippen molar-refractivity contribution in [1.29, 1.82) is 0 Å². The summed E-state index contributed by atoms with van der Waals surface area (Å²) in [7, 11) is 0. The van der Waals surface area contributed by atoms with Gasteiger partial charge in [0.25, 0.3) is 0 Å². The normalized spacial score (nSPS) is 22.9. The molecule has 0 N–H and O–H groups in total. The zero-order chi connectivity index (χ0) is 16.7. The molecule has 0 heterocycles. The van der Waals surface area contributed by atoms with E-state index in [9.17, 15) is 18.0 Å². The third-order valence-corrected chi connectivity index (χ3v) is 4.46. The van der Waals surface area contributed by atoms with Crippen molar-refractivity contribution in [2.24, 2.45) is 17.3 Å². The summed E-state index contributed by atoms with van der Waals surface area (Å²) in [5.41, 5.74) is -0.525. The number of hydrogen-bond donors (Lipinski definition) is 0. The number of benzene rings is 1. The van der Waals surface area contributed by atoms with Gasteiger partial charge in [-0.2, -0.15) is 0 Å². The van der Waals surface area contributed by atoms with Gasteiger partial charge in [0.05, 0.1) is 5.92 Å². The lowest BCUT2D eigenvalue weighted by molar-refractivity contribution is -0.147. The summed E-state index contributed by atoms with van der Waals surface area (Å²) in [6.45, 7) is 6.60. The van der Waals surface area contributed by atoms with E-state index < -0.39 is 30.0 Å². The lowest BCUT2D eigenvalue weighted by atomic mass is 10.1. The highest BCUT2D eigenvalue weighted by Crippen LogP contribution is 2.59. The zero-order valence-corrected chi connectivity index (χ0v) is 13.0. The molecule has 120 valence electrons. The molecular weight excluding hydrogens is 293 g/mol. The van der Waals surface area contributed by atoms with Gasteiger partial charge in [0.1, 0.15) is 12.4 Å². The standard InChI is InChI=1S/C17H19F3O2/c1-5-6-11-14(17(11,3)4)16(21)22-8-10-9(2)12(18)7-13(19)15(10)20/h5-7,11,14H,8H2,1-4H3. The summed E-state index contributed by atoms with van der Waals surface area (Å²) in [5, 5.41) is 0. The van der Waals surface area contributed by atoms with Gasteiger partial charge >= 0.3 is 5.97 Å². The maximum absolute atomic E-state index is 13.7. The van der Waals surface area contributed by atoms with E-state index in [1.807, 2.05) is 32.9 Å². The first-order chi connectivity index (χ1) is 10.2. The van der Waals surface area contributed by atoms with Crippen LogP contribution in [0, 0.1) is 41.6 Å². The Bertz CT molecular complexity index is 609. The first-order valence-corrected chi connectivity index (χ1v) is 7.14. The molecule has 2 atom stereocenters. The third kappa shape index (κ3) is 2.76. The molecule has 0 amide bonds. The quantitative estimate of drug-likeness (QED) is 0.470. The third-order valence-electron chi connectivity index (χ3n) is 4.46. The number of allylic oxidation sites excluding steroid dienone is 2. The van der Waals surface area contributed by atoms with Crippen molar-refractivity contribution in [2.75, 3.05) is 0 Å². The van der Waals surface area contributed by atoms with Crippen LogP contribution in [0.1, 0.15) is 31.9 Å². The van der Waals surface area contributed by atoms with Crippen LogP contribution in [0.3, 0.4) is 0 Å². The smallest absolute Gasteiger partial charge is 0.310 e. The van der Waals surface area contributed by atoms with Gasteiger partial charge in [-0.05, 0) is 30.7 Å². The van der Waals surface area contributed by atoms with E-state index in [2.05, 4.69) is 0 Å². The van der Waals surface area contributed by atoms with Gasteiger partial charge < -0.3 is 4.74 Å². The summed E-state index contributed by atoms with van der Waals surface area (Å²) in [6.07, 6.45) is 3.80. The van der Waals surface area contributed by atoms with Gasteiger partial charge in [0, 0.05) is 11.6 Å². The molecule has 0 aliphatic heterocycles. The van der Waals surface area contributed by atoms with Crippen molar-refractivity contribution in [3.8, 4) is 0 Å². The van der Waals surface area contributed by atoms with Crippen molar-refractivity contribution in [2.45, 2.75) is 34.3 Å². The van der Waals surface area contributed by atoms with E-state index in [1.165, 1.54) is 6.92 Å². The molecule has 2 nitrogen and oxygen atoms in total. The van der Waals surface area contributed by atoms with Crippen LogP contribution in [-0.2, 0) is 16.1 Å². The molecule has 1 aliphatic rings. The Kier molecular flexibility index (Phi) is 4.36. The van der Waals surface area contributed by atoms with Crippen LogP contribution in [0.4, 0.5) is 13.2 Å². The Balaban J connectivity index is 2.10. The van der Waals surface area contributed by atoms with E-state index in [1.54, 1.807) is 0 Å². The molecule has 1 saturated carbocycles. The molecule has 0 radical (unpaired) electrons. The second-order valence-electron chi connectivity index (χ2n) is 6.22. The minimum absolute atomic E-state index is 0.0493. The van der Waals surface area contributed by atoms with Crippen LogP contribution in [0.25, 0.3) is 0 Å². The average molecular weight is 312 g/mol. The average Bonchev–Trinajstić information content (AvgIpc) is 2.98. The van der Waals surface area contributed by atoms with Crippen LogP contribution in [-0.4, -0.2) is 5.97 Å². The fourth-order valence-electron chi connectivity index (χ4n) is 2.83. The fourth-order valence-corrected chi connectivity index (χ4v) is 2.83. The Morgan fingerprint density at radius 1 is 1.32 bits per heavy atom. The summed E-state index contributed by atoms with van der Waals surface area (Å²) < 4.78 is 45.5. The number of carbonyl (C=O) groups is 1. The van der Waals surface area contributed by atoms with E-state index in [4.69, 9.17) is 4.74 Å². The van der Waals surface area contributed by atoms with Crippen molar-refractivity contribution >= 4 is 5.97 Å². The van der Waals surface area contributed by atoms with Crippen molar-refractivity contribution < 1.29 is 22.7 Å². The summed E-state index contributed by atoms with van der Waals surface area (Å²) >= 11 is 0. The Morgan fingerprint density at radius 3 is 2.55 bits per heavy atom. The highest BCUT2D eigenvalue weighted by molar-refractivity contribution is 5.78.